The van der Waals surface area contributed by atoms with Gasteiger partial charge in [0.15, 0.2) is 5.82 Å². The van der Waals surface area contributed by atoms with Crippen LogP contribution in [0.3, 0.4) is 0 Å². The van der Waals surface area contributed by atoms with Crippen LogP contribution in [0.4, 0.5) is 18.9 Å². The third-order valence-corrected chi connectivity index (χ3v) is 6.75. The van der Waals surface area contributed by atoms with Crippen LogP contribution in [-0.2, 0) is 10.2 Å². The van der Waals surface area contributed by atoms with Gasteiger partial charge < -0.3 is 4.90 Å². The van der Waals surface area contributed by atoms with Crippen LogP contribution in [0.25, 0.3) is 5.52 Å². The Balaban J connectivity index is 1.76. The number of carbonyl (C=O) groups is 1. The molecule has 1 N–H and O–H groups in total. The molecule has 170 valence electrons. The predicted octanol–water partition coefficient (Wildman–Crippen LogP) is 2.44. The molecule has 0 radical (unpaired) electrons. The zero-order valence-corrected chi connectivity index (χ0v) is 18.0. The number of fused-ring (bicyclic) bond motifs is 1. The number of hydrogen-bond acceptors (Lipinski definition) is 5. The molecule has 3 aromatic rings. The summed E-state index contributed by atoms with van der Waals surface area (Å²) in [5.74, 6) is -2.42. The summed E-state index contributed by atoms with van der Waals surface area (Å²) in [6.07, 6.45) is 1.21. The first-order valence-corrected chi connectivity index (χ1v) is 11.1. The molecule has 2 atom stereocenters. The number of rotatable bonds is 5. The van der Waals surface area contributed by atoms with Crippen molar-refractivity contribution in [1.82, 2.24) is 18.6 Å². The number of carbonyl (C=O) groups excluding carboxylic acids is 1. The lowest BCUT2D eigenvalue weighted by atomic mass is 10.0. The number of hydrogen-bond donors (Lipinski definition) is 1. The number of anilines is 1. The van der Waals surface area contributed by atoms with E-state index in [2.05, 4.69) is 5.10 Å². The second-order valence-electron chi connectivity index (χ2n) is 7.64. The highest BCUT2D eigenvalue weighted by atomic mass is 32.2. The van der Waals surface area contributed by atoms with Crippen LogP contribution in [0.1, 0.15) is 28.4 Å². The molecule has 1 saturated heterocycles. The van der Waals surface area contributed by atoms with Gasteiger partial charge in [0.1, 0.15) is 17.5 Å². The number of benzene rings is 1. The summed E-state index contributed by atoms with van der Waals surface area (Å²) in [4.78, 5) is 14.0. The van der Waals surface area contributed by atoms with Crippen molar-refractivity contribution in [2.45, 2.75) is 18.6 Å². The van der Waals surface area contributed by atoms with Gasteiger partial charge in [-0.15, -0.1) is 0 Å². The van der Waals surface area contributed by atoms with Crippen molar-refractivity contribution in [3.63, 3.8) is 0 Å². The van der Waals surface area contributed by atoms with Crippen molar-refractivity contribution in [2.75, 3.05) is 25.5 Å². The Labute approximate surface area is 182 Å². The molecular formula is C20H20F3N5O3S. The van der Waals surface area contributed by atoms with E-state index in [4.69, 9.17) is 0 Å². The van der Waals surface area contributed by atoms with Gasteiger partial charge >= 0.3 is 10.2 Å². The van der Waals surface area contributed by atoms with Gasteiger partial charge in [0.05, 0.1) is 23.5 Å². The topological polar surface area (TPSA) is 87.0 Å². The maximum Gasteiger partial charge on any atom is 0.303 e. The van der Waals surface area contributed by atoms with Gasteiger partial charge in [0.25, 0.3) is 5.91 Å². The molecule has 1 aromatic carbocycles. The Hall–Kier alpha value is -3.12. The average molecular weight is 467 g/mol. The van der Waals surface area contributed by atoms with Gasteiger partial charge in [-0.1, -0.05) is 12.1 Å². The molecule has 0 saturated carbocycles. The molecule has 1 aliphatic heterocycles. The number of aromatic nitrogens is 2. The lowest BCUT2D eigenvalue weighted by molar-refractivity contribution is 0.0981. The van der Waals surface area contributed by atoms with Crippen molar-refractivity contribution in [3.8, 4) is 0 Å². The fraction of sp³-hybridized carbons (Fsp3) is 0.300. The Morgan fingerprint density at radius 1 is 1.25 bits per heavy atom. The molecule has 0 aliphatic carbocycles. The summed E-state index contributed by atoms with van der Waals surface area (Å²) in [5.41, 5.74) is -0.0627. The van der Waals surface area contributed by atoms with Crippen LogP contribution >= 0.6 is 0 Å². The molecule has 3 heterocycles. The van der Waals surface area contributed by atoms with E-state index >= 15 is 4.39 Å². The maximum atomic E-state index is 15.6. The number of amides is 1. The van der Waals surface area contributed by atoms with Crippen LogP contribution in [0, 0.1) is 11.6 Å². The first-order chi connectivity index (χ1) is 15.1. The summed E-state index contributed by atoms with van der Waals surface area (Å²) in [5, 5.41) is 3.91. The standard InChI is InChI=1S/C20H20F3N5O3S/c1-26(2)32(30,31)25-20(29)15-10-24-28-7-6-16(18(23)19(15)28)27-11-14(22)9-17(27)12-4-3-5-13(21)8-12/h3-8,10,14,17H,9,11H2,1-2H3,(H,25,29)/t14-,17+/m0/s1. The van der Waals surface area contributed by atoms with E-state index in [1.807, 2.05) is 4.72 Å². The van der Waals surface area contributed by atoms with Crippen molar-refractivity contribution >= 4 is 27.3 Å². The molecule has 0 bridgehead atoms. The third-order valence-electron chi connectivity index (χ3n) is 5.34. The minimum atomic E-state index is -4.11. The Bertz CT molecular complexity index is 1290. The highest BCUT2D eigenvalue weighted by Crippen LogP contribution is 2.39. The van der Waals surface area contributed by atoms with Crippen LogP contribution in [0.2, 0.25) is 0 Å². The first-order valence-electron chi connectivity index (χ1n) is 9.65. The van der Waals surface area contributed by atoms with Gasteiger partial charge in [0, 0.05) is 33.3 Å². The molecular weight excluding hydrogens is 447 g/mol. The first kappa shape index (κ1) is 22.1. The molecule has 1 amide bonds. The van der Waals surface area contributed by atoms with E-state index in [9.17, 15) is 22.0 Å². The highest BCUT2D eigenvalue weighted by Gasteiger charge is 2.36. The number of nitrogens with zero attached hydrogens (tertiary/aromatic N) is 4. The molecule has 1 aliphatic rings. The summed E-state index contributed by atoms with van der Waals surface area (Å²) >= 11 is 0. The molecule has 4 rings (SSSR count). The second-order valence-corrected chi connectivity index (χ2v) is 9.53. The fourth-order valence-electron chi connectivity index (χ4n) is 3.76. The van der Waals surface area contributed by atoms with Crippen LogP contribution < -0.4 is 9.62 Å². The zero-order chi connectivity index (χ0) is 23.2. The Morgan fingerprint density at radius 3 is 2.69 bits per heavy atom. The number of nitrogens with one attached hydrogen (secondary N) is 1. The smallest absolute Gasteiger partial charge is 0.303 e. The summed E-state index contributed by atoms with van der Waals surface area (Å²) in [7, 11) is -1.64. The zero-order valence-electron chi connectivity index (χ0n) is 17.2. The summed E-state index contributed by atoms with van der Waals surface area (Å²) in [6, 6.07) is 6.44. The van der Waals surface area contributed by atoms with Crippen molar-refractivity contribution < 1.29 is 26.4 Å². The maximum absolute atomic E-state index is 15.6. The quantitative estimate of drug-likeness (QED) is 0.623. The van der Waals surface area contributed by atoms with Crippen LogP contribution in [0.15, 0.2) is 42.7 Å². The molecule has 1 fully saturated rings. The largest absolute Gasteiger partial charge is 0.359 e. The van der Waals surface area contributed by atoms with E-state index in [0.29, 0.717) is 5.56 Å². The minimum absolute atomic E-state index is 0.00284. The third kappa shape index (κ3) is 3.91. The monoisotopic (exact) mass is 467 g/mol. The molecule has 12 heteroatoms. The summed E-state index contributed by atoms with van der Waals surface area (Å²) < 4.78 is 71.4. The van der Waals surface area contributed by atoms with E-state index in [0.717, 1.165) is 15.0 Å². The Morgan fingerprint density at radius 2 is 2.00 bits per heavy atom. The lowest BCUT2D eigenvalue weighted by Crippen LogP contribution is -2.39. The van der Waals surface area contributed by atoms with E-state index in [-0.39, 0.29) is 29.7 Å². The molecule has 0 unspecified atom stereocenters. The number of pyridine rings is 1. The van der Waals surface area contributed by atoms with E-state index < -0.39 is 40.0 Å². The van der Waals surface area contributed by atoms with Gasteiger partial charge in [-0.3, -0.25) is 4.79 Å². The van der Waals surface area contributed by atoms with Gasteiger partial charge in [-0.05, 0) is 23.8 Å². The van der Waals surface area contributed by atoms with Crippen molar-refractivity contribution in [1.29, 1.82) is 0 Å². The van der Waals surface area contributed by atoms with Gasteiger partial charge in [-0.2, -0.15) is 17.8 Å². The van der Waals surface area contributed by atoms with Gasteiger partial charge in [-0.25, -0.2) is 22.4 Å². The predicted molar refractivity (Wildman–Crippen MR) is 111 cm³/mol. The fourth-order valence-corrected chi connectivity index (χ4v) is 4.29. The second kappa shape index (κ2) is 8.10. The SMILES string of the molecule is CN(C)S(=O)(=O)NC(=O)c1cnn2ccc(N3C[C@@H](F)C[C@@H]3c3cccc(F)c3)c(F)c12. The molecule has 2 aromatic heterocycles. The molecule has 8 nitrogen and oxygen atoms in total. The highest BCUT2D eigenvalue weighted by molar-refractivity contribution is 7.87. The molecule has 0 spiro atoms. The van der Waals surface area contributed by atoms with E-state index in [1.54, 1.807) is 6.07 Å². The normalized spacial score (nSPS) is 19.1. The average Bonchev–Trinajstić information content (AvgIpc) is 3.32. The molecule has 32 heavy (non-hydrogen) atoms. The minimum Gasteiger partial charge on any atom is -0.359 e. The Kier molecular flexibility index (Phi) is 5.59. The number of halogens is 3. The van der Waals surface area contributed by atoms with Crippen molar-refractivity contribution in [2.24, 2.45) is 0 Å². The summed E-state index contributed by atoms with van der Waals surface area (Å²) in [6.45, 7) is -0.126. The van der Waals surface area contributed by atoms with Crippen LogP contribution in [0.5, 0.6) is 0 Å². The number of alkyl halides is 1. The van der Waals surface area contributed by atoms with Gasteiger partial charge in [0.2, 0.25) is 0 Å². The van der Waals surface area contributed by atoms with Crippen molar-refractivity contribution in [3.05, 3.63) is 65.5 Å². The lowest BCUT2D eigenvalue weighted by Gasteiger charge is -2.27. The van der Waals surface area contributed by atoms with Crippen LogP contribution in [-0.4, -0.2) is 55.1 Å². The van der Waals surface area contributed by atoms with E-state index in [1.165, 1.54) is 49.5 Å².